The predicted octanol–water partition coefficient (Wildman–Crippen LogP) is 18.3. The fourth-order valence-electron chi connectivity index (χ4n) is 9.88. The number of nitrogens with zero attached hydrogens (tertiary/aromatic N) is 2. The SMILES string of the molecule is c1ccc(-c2ccc(N(c3ccc(-c4ccccc4)cc3)c3ccc(-c4ccc(-n5c6cccc(-c7ccccc7)c6c6cc(-c7ccccc7)cc(-c7ccccc7)c65)cc4)cc3)cc2)cc1. The Labute approximate surface area is 397 Å². The summed E-state index contributed by atoms with van der Waals surface area (Å²) in [5, 5.41) is 2.48. The first kappa shape index (κ1) is 40.5. The zero-order valence-electron chi connectivity index (χ0n) is 37.5. The third kappa shape index (κ3) is 7.64. The molecule has 0 bridgehead atoms. The van der Waals surface area contributed by atoms with Gasteiger partial charge in [-0.3, -0.25) is 0 Å². The zero-order chi connectivity index (χ0) is 45.2. The van der Waals surface area contributed by atoms with Crippen molar-refractivity contribution in [3.63, 3.8) is 0 Å². The van der Waals surface area contributed by atoms with Gasteiger partial charge in [-0.25, -0.2) is 0 Å². The Morgan fingerprint density at radius 3 is 1.03 bits per heavy atom. The van der Waals surface area contributed by atoms with Crippen LogP contribution >= 0.6 is 0 Å². The Bertz CT molecular complexity index is 3560. The lowest BCUT2D eigenvalue weighted by molar-refractivity contribution is 1.18. The number of benzene rings is 11. The van der Waals surface area contributed by atoms with Gasteiger partial charge in [0.15, 0.2) is 0 Å². The van der Waals surface area contributed by atoms with E-state index in [9.17, 15) is 0 Å². The molecule has 0 aliphatic carbocycles. The minimum absolute atomic E-state index is 1.09. The molecule has 0 amide bonds. The summed E-state index contributed by atoms with van der Waals surface area (Å²) in [7, 11) is 0. The van der Waals surface area contributed by atoms with Crippen LogP contribution in [0, 0.1) is 0 Å². The second-order valence-corrected chi connectivity index (χ2v) is 17.3. The molecule has 11 aromatic carbocycles. The molecule has 1 aromatic heterocycles. The predicted molar refractivity (Wildman–Crippen MR) is 288 cm³/mol. The van der Waals surface area contributed by atoms with Crippen LogP contribution in [0.4, 0.5) is 17.1 Å². The van der Waals surface area contributed by atoms with Crippen molar-refractivity contribution >= 4 is 38.9 Å². The topological polar surface area (TPSA) is 8.17 Å². The van der Waals surface area contributed by atoms with E-state index in [0.717, 1.165) is 33.9 Å². The molecular formula is C66H46N2. The summed E-state index contributed by atoms with van der Waals surface area (Å²) >= 11 is 0. The van der Waals surface area contributed by atoms with Crippen LogP contribution in [-0.2, 0) is 0 Å². The van der Waals surface area contributed by atoms with Crippen LogP contribution in [0.5, 0.6) is 0 Å². The highest BCUT2D eigenvalue weighted by Gasteiger charge is 2.21. The normalized spacial score (nSPS) is 11.2. The van der Waals surface area contributed by atoms with Gasteiger partial charge in [-0.1, -0.05) is 212 Å². The van der Waals surface area contributed by atoms with E-state index in [2.05, 4.69) is 289 Å². The molecule has 0 aliphatic heterocycles. The van der Waals surface area contributed by atoms with E-state index in [4.69, 9.17) is 0 Å². The fraction of sp³-hybridized carbons (Fsp3) is 0. The molecule has 0 aliphatic rings. The summed E-state index contributed by atoms with van der Waals surface area (Å²) in [6, 6.07) is 101. The number of aromatic nitrogens is 1. The largest absolute Gasteiger partial charge is 0.311 e. The van der Waals surface area contributed by atoms with E-state index in [-0.39, 0.29) is 0 Å². The van der Waals surface area contributed by atoms with Crippen LogP contribution in [0.2, 0.25) is 0 Å². The third-order valence-corrected chi connectivity index (χ3v) is 13.2. The Morgan fingerprint density at radius 1 is 0.250 bits per heavy atom. The fourth-order valence-corrected chi connectivity index (χ4v) is 9.88. The molecule has 68 heavy (non-hydrogen) atoms. The quantitative estimate of drug-likeness (QED) is 0.133. The van der Waals surface area contributed by atoms with Crippen molar-refractivity contribution in [1.82, 2.24) is 4.57 Å². The molecule has 1 heterocycles. The van der Waals surface area contributed by atoms with Crippen LogP contribution in [0.3, 0.4) is 0 Å². The lowest BCUT2D eigenvalue weighted by Gasteiger charge is -2.26. The first-order valence-electron chi connectivity index (χ1n) is 23.3. The van der Waals surface area contributed by atoms with Gasteiger partial charge in [-0.15, -0.1) is 0 Å². The van der Waals surface area contributed by atoms with Crippen LogP contribution < -0.4 is 4.90 Å². The average Bonchev–Trinajstić information content (AvgIpc) is 3.77. The molecule has 0 N–H and O–H groups in total. The van der Waals surface area contributed by atoms with Gasteiger partial charge in [0.25, 0.3) is 0 Å². The standard InChI is InChI=1S/C66H46N2/c1-6-17-47(18-7-1)50-29-37-57(38-30-50)67(58-39-31-51(32-40-58)48-19-8-2-9-20-48)59-41-33-52(34-42-59)53-35-43-60(44-36-53)68-64-28-16-27-61(54-23-12-4-13-24-54)65(64)63-46-56(49-21-10-3-11-22-49)45-62(66(63)68)55-25-14-5-15-26-55/h1-46H. The van der Waals surface area contributed by atoms with E-state index in [1.54, 1.807) is 0 Å². The van der Waals surface area contributed by atoms with Gasteiger partial charge in [0.2, 0.25) is 0 Å². The van der Waals surface area contributed by atoms with Gasteiger partial charge in [0.05, 0.1) is 11.0 Å². The Hall–Kier alpha value is -8.98. The Balaban J connectivity index is 0.952. The highest BCUT2D eigenvalue weighted by Crippen LogP contribution is 2.45. The second-order valence-electron chi connectivity index (χ2n) is 17.3. The van der Waals surface area contributed by atoms with Gasteiger partial charge in [0.1, 0.15) is 0 Å². The summed E-state index contributed by atoms with van der Waals surface area (Å²) in [5.74, 6) is 0. The van der Waals surface area contributed by atoms with Crippen molar-refractivity contribution in [2.75, 3.05) is 4.90 Å². The van der Waals surface area contributed by atoms with Crippen molar-refractivity contribution in [2.45, 2.75) is 0 Å². The lowest BCUT2D eigenvalue weighted by Crippen LogP contribution is -2.09. The van der Waals surface area contributed by atoms with Gasteiger partial charge in [-0.05, 0) is 128 Å². The number of rotatable bonds is 10. The van der Waals surface area contributed by atoms with E-state index < -0.39 is 0 Å². The van der Waals surface area contributed by atoms with Gasteiger partial charge in [-0.2, -0.15) is 0 Å². The molecule has 320 valence electrons. The molecule has 12 rings (SSSR count). The summed E-state index contributed by atoms with van der Waals surface area (Å²) in [4.78, 5) is 2.34. The number of hydrogen-bond acceptors (Lipinski definition) is 1. The van der Waals surface area contributed by atoms with Crippen molar-refractivity contribution < 1.29 is 0 Å². The smallest absolute Gasteiger partial charge is 0.0620 e. The van der Waals surface area contributed by atoms with Crippen LogP contribution in [0.1, 0.15) is 0 Å². The highest BCUT2D eigenvalue weighted by molar-refractivity contribution is 6.20. The van der Waals surface area contributed by atoms with Crippen LogP contribution in [0.15, 0.2) is 279 Å². The monoisotopic (exact) mass is 866 g/mol. The van der Waals surface area contributed by atoms with E-state index in [1.165, 1.54) is 77.4 Å². The molecule has 0 saturated carbocycles. The maximum atomic E-state index is 2.48. The number of fused-ring (bicyclic) bond motifs is 3. The Morgan fingerprint density at radius 2 is 0.603 bits per heavy atom. The van der Waals surface area contributed by atoms with Crippen LogP contribution in [-0.4, -0.2) is 4.57 Å². The van der Waals surface area contributed by atoms with Crippen molar-refractivity contribution in [1.29, 1.82) is 0 Å². The van der Waals surface area contributed by atoms with Crippen LogP contribution in [0.25, 0.3) is 94.3 Å². The maximum Gasteiger partial charge on any atom is 0.0620 e. The van der Waals surface area contributed by atoms with Crippen molar-refractivity contribution in [3.8, 4) is 72.4 Å². The van der Waals surface area contributed by atoms with E-state index in [0.29, 0.717) is 0 Å². The van der Waals surface area contributed by atoms with Gasteiger partial charge >= 0.3 is 0 Å². The molecular weight excluding hydrogens is 821 g/mol. The molecule has 2 nitrogen and oxygen atoms in total. The van der Waals surface area contributed by atoms with Gasteiger partial charge in [0, 0.05) is 39.1 Å². The molecule has 2 heteroatoms. The van der Waals surface area contributed by atoms with E-state index in [1.807, 2.05) is 0 Å². The second kappa shape index (κ2) is 17.8. The molecule has 0 saturated heterocycles. The molecule has 0 spiro atoms. The summed E-state index contributed by atoms with van der Waals surface area (Å²) in [5.41, 5.74) is 21.1. The van der Waals surface area contributed by atoms with Crippen molar-refractivity contribution in [3.05, 3.63) is 279 Å². The minimum atomic E-state index is 1.09. The molecule has 0 fully saturated rings. The number of anilines is 3. The molecule has 0 radical (unpaired) electrons. The summed E-state index contributed by atoms with van der Waals surface area (Å²) < 4.78 is 2.48. The summed E-state index contributed by atoms with van der Waals surface area (Å²) in [6.45, 7) is 0. The Kier molecular flexibility index (Phi) is 10.6. The highest BCUT2D eigenvalue weighted by atomic mass is 15.1. The first-order valence-corrected chi connectivity index (χ1v) is 23.3. The lowest BCUT2D eigenvalue weighted by atomic mass is 9.93. The minimum Gasteiger partial charge on any atom is -0.311 e. The van der Waals surface area contributed by atoms with E-state index >= 15 is 0 Å². The average molecular weight is 867 g/mol. The van der Waals surface area contributed by atoms with Crippen molar-refractivity contribution in [2.24, 2.45) is 0 Å². The molecule has 0 atom stereocenters. The zero-order valence-corrected chi connectivity index (χ0v) is 37.5. The third-order valence-electron chi connectivity index (χ3n) is 13.2. The number of hydrogen-bond donors (Lipinski definition) is 0. The maximum absolute atomic E-state index is 2.48. The molecule has 12 aromatic rings. The van der Waals surface area contributed by atoms with Gasteiger partial charge < -0.3 is 9.47 Å². The first-order chi connectivity index (χ1) is 33.7. The molecule has 0 unspecified atom stereocenters. The summed E-state index contributed by atoms with van der Waals surface area (Å²) in [6.07, 6.45) is 0.